The largest absolute Gasteiger partial charge is 0.342 e. The van der Waals surface area contributed by atoms with Crippen LogP contribution in [0.1, 0.15) is 49.9 Å². The highest BCUT2D eigenvalue weighted by Crippen LogP contribution is 2.29. The Morgan fingerprint density at radius 3 is 2.21 bits per heavy atom. The van der Waals surface area contributed by atoms with Crippen LogP contribution in [-0.2, 0) is 9.59 Å². The molecule has 2 heterocycles. The Balaban J connectivity index is 1.94. The van der Waals surface area contributed by atoms with E-state index in [-0.39, 0.29) is 17.7 Å². The summed E-state index contributed by atoms with van der Waals surface area (Å²) in [5, 5.41) is 3.61. The Bertz CT molecular complexity index is 742. The molecule has 1 aliphatic rings. The quantitative estimate of drug-likeness (QED) is 0.765. The van der Waals surface area contributed by atoms with Gasteiger partial charge in [0.15, 0.2) is 0 Å². The lowest BCUT2D eigenvalue weighted by atomic mass is 9.96. The predicted molar refractivity (Wildman–Crippen MR) is 117 cm³/mol. The van der Waals surface area contributed by atoms with E-state index in [2.05, 4.69) is 10.2 Å². The molecule has 3 amide bonds. The van der Waals surface area contributed by atoms with Gasteiger partial charge in [-0.05, 0) is 32.4 Å². The van der Waals surface area contributed by atoms with Gasteiger partial charge >= 0.3 is 0 Å². The number of hydrogen-bond acceptors (Lipinski definition) is 5. The van der Waals surface area contributed by atoms with Crippen LogP contribution in [-0.4, -0.2) is 78.2 Å². The molecule has 1 saturated heterocycles. The highest BCUT2D eigenvalue weighted by molar-refractivity contribution is 7.18. The molecule has 0 atom stereocenters. The van der Waals surface area contributed by atoms with E-state index in [4.69, 9.17) is 0 Å². The summed E-state index contributed by atoms with van der Waals surface area (Å²) >= 11 is 1.33. The number of amides is 3. The lowest BCUT2D eigenvalue weighted by molar-refractivity contribution is -0.132. The van der Waals surface area contributed by atoms with Crippen molar-refractivity contribution in [2.45, 2.75) is 41.5 Å². The van der Waals surface area contributed by atoms with E-state index in [0.717, 1.165) is 18.7 Å². The number of likely N-dealkylation sites (N-methyl/N-ethyl adjacent to an activating group) is 1. The molecule has 1 fully saturated rings. The van der Waals surface area contributed by atoms with Crippen molar-refractivity contribution in [1.29, 1.82) is 0 Å². The number of aryl methyl sites for hydroxylation is 1. The Morgan fingerprint density at radius 2 is 1.69 bits per heavy atom. The molecule has 1 aliphatic heterocycles. The van der Waals surface area contributed by atoms with Crippen molar-refractivity contribution < 1.29 is 14.4 Å². The summed E-state index contributed by atoms with van der Waals surface area (Å²) in [6.45, 7) is 15.9. The number of thiophene rings is 1. The minimum absolute atomic E-state index is 0.00141. The van der Waals surface area contributed by atoms with E-state index in [1.54, 1.807) is 0 Å². The SMILES string of the molecule is CCN(CC)C(=O)CN1CCN(C(=O)c2sc(NC(=O)C(C)(C)C)cc2C)CC1. The van der Waals surface area contributed by atoms with Gasteiger partial charge in [0.25, 0.3) is 5.91 Å². The number of anilines is 1. The van der Waals surface area contributed by atoms with E-state index < -0.39 is 5.41 Å². The fraction of sp³-hybridized carbons (Fsp3) is 0.667. The molecule has 8 heteroatoms. The lowest BCUT2D eigenvalue weighted by Gasteiger charge is -2.35. The molecule has 0 saturated carbocycles. The molecule has 0 unspecified atom stereocenters. The molecule has 7 nitrogen and oxygen atoms in total. The van der Waals surface area contributed by atoms with E-state index in [9.17, 15) is 14.4 Å². The lowest BCUT2D eigenvalue weighted by Crippen LogP contribution is -2.51. The number of hydrogen-bond donors (Lipinski definition) is 1. The van der Waals surface area contributed by atoms with Crippen molar-refractivity contribution in [3.8, 4) is 0 Å². The van der Waals surface area contributed by atoms with Crippen LogP contribution in [0.15, 0.2) is 6.07 Å². The van der Waals surface area contributed by atoms with Crippen LogP contribution < -0.4 is 5.32 Å². The smallest absolute Gasteiger partial charge is 0.264 e. The normalized spacial score (nSPS) is 15.3. The van der Waals surface area contributed by atoms with Crippen molar-refractivity contribution in [2.24, 2.45) is 5.41 Å². The number of nitrogens with zero attached hydrogens (tertiary/aromatic N) is 3. The number of carbonyl (C=O) groups excluding carboxylic acids is 3. The van der Waals surface area contributed by atoms with Crippen LogP contribution in [0.5, 0.6) is 0 Å². The van der Waals surface area contributed by atoms with Gasteiger partial charge < -0.3 is 15.1 Å². The Hall–Kier alpha value is -1.93. The summed E-state index contributed by atoms with van der Waals surface area (Å²) in [6.07, 6.45) is 0. The Kier molecular flexibility index (Phi) is 7.82. The maximum Gasteiger partial charge on any atom is 0.264 e. The third-order valence-corrected chi connectivity index (χ3v) is 6.31. The molecule has 0 aromatic carbocycles. The average molecular weight is 423 g/mol. The second kappa shape index (κ2) is 9.71. The molecule has 0 spiro atoms. The zero-order chi connectivity index (χ0) is 21.8. The monoisotopic (exact) mass is 422 g/mol. The van der Waals surface area contributed by atoms with E-state index in [1.807, 2.05) is 57.4 Å². The first kappa shape index (κ1) is 23.3. The van der Waals surface area contributed by atoms with Crippen molar-refractivity contribution in [2.75, 3.05) is 51.1 Å². The van der Waals surface area contributed by atoms with Crippen molar-refractivity contribution in [3.63, 3.8) is 0 Å². The summed E-state index contributed by atoms with van der Waals surface area (Å²) < 4.78 is 0. The van der Waals surface area contributed by atoms with E-state index in [1.165, 1.54) is 11.3 Å². The molecule has 1 N–H and O–H groups in total. The van der Waals surface area contributed by atoms with Crippen LogP contribution >= 0.6 is 11.3 Å². The van der Waals surface area contributed by atoms with Crippen LogP contribution in [0.4, 0.5) is 5.00 Å². The summed E-state index contributed by atoms with van der Waals surface area (Å²) in [5.74, 6) is 0.0748. The maximum atomic E-state index is 13.0. The van der Waals surface area contributed by atoms with Gasteiger partial charge in [-0.3, -0.25) is 19.3 Å². The van der Waals surface area contributed by atoms with Crippen LogP contribution in [0.2, 0.25) is 0 Å². The Morgan fingerprint density at radius 1 is 1.10 bits per heavy atom. The highest BCUT2D eigenvalue weighted by Gasteiger charge is 2.27. The second-order valence-electron chi connectivity index (χ2n) is 8.46. The molecular formula is C21H34N4O3S. The van der Waals surface area contributed by atoms with Gasteiger partial charge in [-0.2, -0.15) is 0 Å². The molecule has 1 aromatic rings. The first-order valence-electron chi connectivity index (χ1n) is 10.3. The standard InChI is InChI=1S/C21H34N4O3S/c1-7-24(8-2)17(26)14-23-9-11-25(12-10-23)19(27)18-15(3)13-16(29-18)22-20(28)21(4,5)6/h13H,7-12,14H2,1-6H3,(H,22,28). The van der Waals surface area contributed by atoms with Crippen LogP contribution in [0.25, 0.3) is 0 Å². The highest BCUT2D eigenvalue weighted by atomic mass is 32.1. The number of piperazine rings is 1. The van der Waals surface area contributed by atoms with Gasteiger partial charge in [0.05, 0.1) is 16.4 Å². The minimum atomic E-state index is -0.485. The maximum absolute atomic E-state index is 13.0. The zero-order valence-corrected chi connectivity index (χ0v) is 19.3. The fourth-order valence-electron chi connectivity index (χ4n) is 3.18. The summed E-state index contributed by atoms with van der Waals surface area (Å²) in [5.41, 5.74) is 0.393. The molecule has 0 radical (unpaired) electrons. The van der Waals surface area contributed by atoms with E-state index in [0.29, 0.717) is 42.6 Å². The van der Waals surface area contributed by atoms with Gasteiger partial charge in [-0.25, -0.2) is 0 Å². The van der Waals surface area contributed by atoms with Gasteiger partial charge in [0.2, 0.25) is 11.8 Å². The molecular weight excluding hydrogens is 388 g/mol. The summed E-state index contributed by atoms with van der Waals surface area (Å²) in [4.78, 5) is 43.9. The van der Waals surface area contributed by atoms with Crippen LogP contribution in [0.3, 0.4) is 0 Å². The predicted octanol–water partition coefficient (Wildman–Crippen LogP) is 2.67. The first-order valence-corrected chi connectivity index (χ1v) is 11.1. The summed E-state index contributed by atoms with van der Waals surface area (Å²) in [7, 11) is 0. The van der Waals surface area contributed by atoms with Crippen LogP contribution in [0, 0.1) is 12.3 Å². The van der Waals surface area contributed by atoms with Crippen molar-refractivity contribution in [3.05, 3.63) is 16.5 Å². The third kappa shape index (κ3) is 6.02. The van der Waals surface area contributed by atoms with Gasteiger partial charge in [0.1, 0.15) is 0 Å². The zero-order valence-electron chi connectivity index (χ0n) is 18.5. The Labute approximate surface area is 178 Å². The molecule has 162 valence electrons. The fourth-order valence-corrected chi connectivity index (χ4v) is 4.21. The molecule has 0 bridgehead atoms. The third-order valence-electron chi connectivity index (χ3n) is 5.16. The first-order chi connectivity index (χ1) is 13.6. The molecule has 2 rings (SSSR count). The topological polar surface area (TPSA) is 73.0 Å². The second-order valence-corrected chi connectivity index (χ2v) is 9.51. The molecule has 29 heavy (non-hydrogen) atoms. The summed E-state index contributed by atoms with van der Waals surface area (Å²) in [6, 6.07) is 1.86. The number of carbonyl (C=O) groups is 3. The average Bonchev–Trinajstić information content (AvgIpc) is 3.02. The number of rotatable bonds is 6. The van der Waals surface area contributed by atoms with Crippen molar-refractivity contribution >= 4 is 34.1 Å². The molecule has 0 aliphatic carbocycles. The van der Waals surface area contributed by atoms with Gasteiger partial charge in [0, 0.05) is 44.7 Å². The molecule has 1 aromatic heterocycles. The van der Waals surface area contributed by atoms with Gasteiger partial charge in [-0.15, -0.1) is 11.3 Å². The number of nitrogens with one attached hydrogen (secondary N) is 1. The van der Waals surface area contributed by atoms with Crippen molar-refractivity contribution in [1.82, 2.24) is 14.7 Å². The minimum Gasteiger partial charge on any atom is -0.342 e. The van der Waals surface area contributed by atoms with E-state index >= 15 is 0 Å². The van der Waals surface area contributed by atoms with Gasteiger partial charge in [-0.1, -0.05) is 20.8 Å².